The number of benzene rings is 1. The Kier molecular flexibility index (Phi) is 6.74. The van der Waals surface area contributed by atoms with Gasteiger partial charge in [0.25, 0.3) is 0 Å². The summed E-state index contributed by atoms with van der Waals surface area (Å²) < 4.78 is 11.9. The molecule has 34 heavy (non-hydrogen) atoms. The summed E-state index contributed by atoms with van der Waals surface area (Å²) in [6.45, 7) is 3.09. The predicted molar refractivity (Wildman–Crippen MR) is 138 cm³/mol. The lowest BCUT2D eigenvalue weighted by Crippen LogP contribution is -2.30. The summed E-state index contributed by atoms with van der Waals surface area (Å²) in [5.74, 6) is 0. The van der Waals surface area contributed by atoms with E-state index in [0.29, 0.717) is 6.61 Å². The molecule has 1 aliphatic rings. The Morgan fingerprint density at radius 1 is 0.971 bits per heavy atom. The van der Waals surface area contributed by atoms with Crippen LogP contribution in [0.5, 0.6) is 0 Å². The third kappa shape index (κ3) is 4.91. The van der Waals surface area contributed by atoms with Gasteiger partial charge in [0.05, 0.1) is 23.9 Å². The van der Waals surface area contributed by atoms with Crippen LogP contribution in [0.4, 0.5) is 0 Å². The molecule has 0 amide bonds. The maximum Gasteiger partial charge on any atom is 0.141 e. The molecule has 1 aliphatic heterocycles. The minimum Gasteiger partial charge on any atom is -0.464 e. The van der Waals surface area contributed by atoms with Crippen LogP contribution in [-0.4, -0.2) is 50.3 Å². The van der Waals surface area contributed by atoms with Gasteiger partial charge in [-0.25, -0.2) is 0 Å². The van der Waals surface area contributed by atoms with Crippen LogP contribution in [0.15, 0.2) is 88.2 Å². The molecule has 0 atom stereocenters. The number of hydrogen-bond donors (Lipinski definition) is 0. The number of ether oxygens (including phenoxy) is 1. The van der Waals surface area contributed by atoms with Gasteiger partial charge in [-0.1, -0.05) is 48.5 Å². The third-order valence-electron chi connectivity index (χ3n) is 6.18. The lowest BCUT2D eigenvalue weighted by atomic mass is 10.1. The summed E-state index contributed by atoms with van der Waals surface area (Å²) in [7, 11) is 4.18. The van der Waals surface area contributed by atoms with E-state index in [-0.39, 0.29) is 0 Å². The van der Waals surface area contributed by atoms with Gasteiger partial charge in [-0.05, 0) is 63.3 Å². The summed E-state index contributed by atoms with van der Waals surface area (Å²) in [5, 5.41) is 11.6. The molecule has 0 bridgehead atoms. The van der Waals surface area contributed by atoms with Crippen LogP contribution in [0.1, 0.15) is 17.5 Å². The topological polar surface area (TPSA) is 41.2 Å². The monoisotopic (exact) mass is 453 g/mol. The first-order valence-electron chi connectivity index (χ1n) is 11.9. The maximum absolute atomic E-state index is 6.07. The molecule has 4 aromatic rings. The highest BCUT2D eigenvalue weighted by atomic mass is 16.5. The average Bonchev–Trinajstić information content (AvgIpc) is 3.12. The summed E-state index contributed by atoms with van der Waals surface area (Å²) in [5.41, 5.74) is 4.40. The average molecular weight is 454 g/mol. The zero-order valence-corrected chi connectivity index (χ0v) is 19.9. The quantitative estimate of drug-likeness (QED) is 0.324. The number of fused-ring (bicyclic) bond motifs is 5. The second kappa shape index (κ2) is 10.2. The first-order valence-corrected chi connectivity index (χ1v) is 11.9. The van der Waals surface area contributed by atoms with Gasteiger partial charge in [0.1, 0.15) is 5.58 Å². The van der Waals surface area contributed by atoms with Crippen molar-refractivity contribution in [1.82, 2.24) is 9.91 Å². The van der Waals surface area contributed by atoms with Crippen molar-refractivity contribution < 1.29 is 9.15 Å². The summed E-state index contributed by atoms with van der Waals surface area (Å²) in [6.07, 6.45) is 5.89. The van der Waals surface area contributed by atoms with E-state index in [4.69, 9.17) is 14.3 Å². The second-order valence-electron chi connectivity index (χ2n) is 9.00. The predicted octanol–water partition coefficient (Wildman–Crippen LogP) is 5.27. The van der Waals surface area contributed by atoms with Crippen LogP contribution in [-0.2, 0) is 11.2 Å². The van der Waals surface area contributed by atoms with Gasteiger partial charge >= 0.3 is 0 Å². The molecule has 0 spiro atoms. The molecule has 0 saturated carbocycles. The second-order valence-corrected chi connectivity index (χ2v) is 9.00. The van der Waals surface area contributed by atoms with Crippen LogP contribution in [0, 0.1) is 0 Å². The zero-order valence-electron chi connectivity index (χ0n) is 19.9. The molecule has 1 aromatic heterocycles. The Morgan fingerprint density at radius 3 is 2.71 bits per heavy atom. The van der Waals surface area contributed by atoms with E-state index in [9.17, 15) is 0 Å². The first kappa shape index (κ1) is 22.4. The summed E-state index contributed by atoms with van der Waals surface area (Å²) >= 11 is 0. The van der Waals surface area contributed by atoms with Crippen molar-refractivity contribution in [2.24, 2.45) is 5.10 Å². The lowest BCUT2D eigenvalue weighted by Gasteiger charge is -2.25. The Bertz CT molecular complexity index is 1370. The Hall–Kier alpha value is -3.41. The smallest absolute Gasteiger partial charge is 0.141 e. The van der Waals surface area contributed by atoms with Gasteiger partial charge < -0.3 is 14.1 Å². The minimum absolute atomic E-state index is 0.547. The fourth-order valence-electron chi connectivity index (χ4n) is 4.44. The number of nitrogens with zero attached hydrogens (tertiary/aromatic N) is 3. The number of rotatable bonds is 9. The lowest BCUT2D eigenvalue weighted by molar-refractivity contribution is 0.126. The molecule has 0 fully saturated rings. The molecule has 0 unspecified atom stereocenters. The van der Waals surface area contributed by atoms with Gasteiger partial charge in [-0.3, -0.25) is 5.01 Å². The van der Waals surface area contributed by atoms with Gasteiger partial charge in [-0.15, -0.1) is 0 Å². The van der Waals surface area contributed by atoms with Crippen molar-refractivity contribution in [2.45, 2.75) is 12.8 Å². The Balaban J connectivity index is 1.49. The normalized spacial score (nSPS) is 13.3. The molecule has 0 radical (unpaired) electrons. The van der Waals surface area contributed by atoms with Crippen molar-refractivity contribution in [3.8, 4) is 0 Å². The SMILES string of the molecule is CN(C)CCCOCC1=Cc2cccc3c(cc4cccoc43)c2=NN1CCc1ccccc1. The fraction of sp³-hybridized carbons (Fsp3) is 0.276. The molecule has 174 valence electrons. The highest BCUT2D eigenvalue weighted by Gasteiger charge is 2.17. The maximum atomic E-state index is 6.07. The van der Waals surface area contributed by atoms with Gasteiger partial charge in [0.2, 0.25) is 0 Å². The van der Waals surface area contributed by atoms with Gasteiger partial charge in [-0.2, -0.15) is 5.10 Å². The fourth-order valence-corrected chi connectivity index (χ4v) is 4.44. The van der Waals surface area contributed by atoms with E-state index in [1.165, 1.54) is 5.56 Å². The Morgan fingerprint density at radius 2 is 1.85 bits per heavy atom. The van der Waals surface area contributed by atoms with E-state index >= 15 is 0 Å². The van der Waals surface area contributed by atoms with Crippen LogP contribution in [0.2, 0.25) is 0 Å². The zero-order chi connectivity index (χ0) is 23.3. The van der Waals surface area contributed by atoms with Crippen molar-refractivity contribution in [3.05, 3.63) is 95.2 Å². The molecule has 5 nitrogen and oxygen atoms in total. The molecule has 5 rings (SSSR count). The Labute approximate surface area is 200 Å². The van der Waals surface area contributed by atoms with E-state index in [1.807, 2.05) is 6.07 Å². The molecule has 0 N–H and O–H groups in total. The van der Waals surface area contributed by atoms with E-state index in [2.05, 4.69) is 90.7 Å². The third-order valence-corrected chi connectivity index (χ3v) is 6.18. The molecular weight excluding hydrogens is 422 g/mol. The minimum atomic E-state index is 0.547. The molecule has 2 heterocycles. The highest BCUT2D eigenvalue weighted by molar-refractivity contribution is 6.08. The molecule has 0 saturated heterocycles. The van der Waals surface area contributed by atoms with Gasteiger partial charge in [0, 0.05) is 34.9 Å². The van der Waals surface area contributed by atoms with Crippen LogP contribution in [0.3, 0.4) is 0 Å². The molecular formula is C29H31N3O2. The van der Waals surface area contributed by atoms with Crippen molar-refractivity contribution >= 4 is 27.8 Å². The molecule has 3 aromatic carbocycles. The van der Waals surface area contributed by atoms with Crippen LogP contribution < -0.4 is 5.36 Å². The summed E-state index contributed by atoms with van der Waals surface area (Å²) in [6, 6.07) is 23.1. The van der Waals surface area contributed by atoms with E-state index in [0.717, 1.165) is 70.9 Å². The van der Waals surface area contributed by atoms with Gasteiger partial charge in [0.15, 0.2) is 0 Å². The van der Waals surface area contributed by atoms with Crippen LogP contribution in [0.25, 0.3) is 27.8 Å². The van der Waals surface area contributed by atoms with Crippen LogP contribution >= 0.6 is 0 Å². The largest absolute Gasteiger partial charge is 0.464 e. The van der Waals surface area contributed by atoms with Crippen molar-refractivity contribution in [2.75, 3.05) is 40.4 Å². The van der Waals surface area contributed by atoms with Crippen molar-refractivity contribution in [3.63, 3.8) is 0 Å². The van der Waals surface area contributed by atoms with E-state index in [1.54, 1.807) is 6.26 Å². The standard InChI is InChI=1S/C29H31N3O2/c1-31(2)15-8-17-33-21-25-19-23-11-6-13-26-27(20-24-12-7-18-34-29(24)26)28(23)30-32(25)16-14-22-9-4-3-5-10-22/h3-7,9-13,18-20H,8,14-17,21H2,1-2H3. The summed E-state index contributed by atoms with van der Waals surface area (Å²) in [4.78, 5) is 2.18. The number of hydrogen-bond acceptors (Lipinski definition) is 5. The van der Waals surface area contributed by atoms with E-state index < -0.39 is 0 Å². The first-order chi connectivity index (χ1) is 16.7. The van der Waals surface area contributed by atoms with Crippen molar-refractivity contribution in [1.29, 1.82) is 0 Å². The molecule has 5 heteroatoms. The molecule has 0 aliphatic carbocycles. The highest BCUT2D eigenvalue weighted by Crippen LogP contribution is 2.27.